The van der Waals surface area contributed by atoms with Crippen LogP contribution >= 0.6 is 24.0 Å². The van der Waals surface area contributed by atoms with Crippen molar-refractivity contribution in [1.82, 2.24) is 4.90 Å². The van der Waals surface area contributed by atoms with Crippen LogP contribution in [0.3, 0.4) is 0 Å². The number of nitrogens with zero attached hydrogens (tertiary/aromatic N) is 1. The Hall–Kier alpha value is -0.970. The van der Waals surface area contributed by atoms with E-state index in [-0.39, 0.29) is 24.2 Å². The van der Waals surface area contributed by atoms with Gasteiger partial charge in [0.2, 0.25) is 5.91 Å². The zero-order valence-electron chi connectivity index (χ0n) is 14.0. The maximum Gasteiger partial charge on any atom is 0.227 e. The third kappa shape index (κ3) is 4.75. The average molecular weight is 361 g/mol. The van der Waals surface area contributed by atoms with E-state index in [4.69, 9.17) is 22.1 Å². The highest BCUT2D eigenvalue weighted by molar-refractivity contribution is 6.30. The number of benzene rings is 1. The highest BCUT2D eigenvalue weighted by atomic mass is 35.5. The molecule has 0 spiro atoms. The fourth-order valence-corrected chi connectivity index (χ4v) is 3.43. The minimum Gasteiger partial charge on any atom is -0.496 e. The molecule has 0 heterocycles. The number of nitrogens with two attached hydrogens (primary N) is 1. The molecule has 1 aliphatic carbocycles. The summed E-state index contributed by atoms with van der Waals surface area (Å²) in [6, 6.07) is 5.44. The summed E-state index contributed by atoms with van der Waals surface area (Å²) in [7, 11) is 3.43. The van der Waals surface area contributed by atoms with Crippen LogP contribution in [0.25, 0.3) is 0 Å². The molecular weight excluding hydrogens is 335 g/mol. The Morgan fingerprint density at radius 2 is 2.17 bits per heavy atom. The van der Waals surface area contributed by atoms with Gasteiger partial charge in [0.05, 0.1) is 13.0 Å². The molecular formula is C17H26Cl2N2O2. The molecule has 4 nitrogen and oxygen atoms in total. The molecule has 2 rings (SSSR count). The SMILES string of the molecule is COc1ccc(Cl)cc1CN(C)C(=O)C1CCCCC1(C)N.Cl. The fourth-order valence-electron chi connectivity index (χ4n) is 3.23. The van der Waals surface area contributed by atoms with E-state index >= 15 is 0 Å². The molecule has 1 aliphatic rings. The Morgan fingerprint density at radius 1 is 1.48 bits per heavy atom. The number of rotatable bonds is 4. The van der Waals surface area contributed by atoms with Gasteiger partial charge in [-0.3, -0.25) is 4.79 Å². The summed E-state index contributed by atoms with van der Waals surface area (Å²) in [5.41, 5.74) is 6.83. The van der Waals surface area contributed by atoms with Gasteiger partial charge in [0.25, 0.3) is 0 Å². The standard InChI is InChI=1S/C17H25ClN2O2.ClH/c1-17(19)9-5-4-6-14(17)16(21)20(2)11-12-10-13(18)7-8-15(12)22-3;/h7-8,10,14H,4-6,9,11,19H2,1-3H3;1H. The third-order valence-corrected chi connectivity index (χ3v) is 4.81. The van der Waals surface area contributed by atoms with E-state index in [0.29, 0.717) is 11.6 Å². The number of carbonyl (C=O) groups is 1. The summed E-state index contributed by atoms with van der Waals surface area (Å²) in [6.45, 7) is 2.46. The van der Waals surface area contributed by atoms with Gasteiger partial charge in [0.15, 0.2) is 0 Å². The van der Waals surface area contributed by atoms with E-state index < -0.39 is 5.54 Å². The predicted octanol–water partition coefficient (Wildman–Crippen LogP) is 3.64. The van der Waals surface area contributed by atoms with E-state index in [2.05, 4.69) is 0 Å². The lowest BCUT2D eigenvalue weighted by molar-refractivity contribution is -0.138. The molecule has 0 aliphatic heterocycles. The molecule has 0 saturated heterocycles. The van der Waals surface area contributed by atoms with Crippen molar-refractivity contribution in [3.63, 3.8) is 0 Å². The van der Waals surface area contributed by atoms with Crippen LogP contribution in [-0.4, -0.2) is 30.5 Å². The molecule has 0 aromatic heterocycles. The van der Waals surface area contributed by atoms with Crippen LogP contribution in [0, 0.1) is 5.92 Å². The molecule has 2 atom stereocenters. The van der Waals surface area contributed by atoms with Gasteiger partial charge in [-0.15, -0.1) is 12.4 Å². The molecule has 1 amide bonds. The highest BCUT2D eigenvalue weighted by Crippen LogP contribution is 2.33. The number of amides is 1. The monoisotopic (exact) mass is 360 g/mol. The van der Waals surface area contributed by atoms with E-state index in [1.165, 1.54) is 0 Å². The first kappa shape index (κ1) is 20.1. The average Bonchev–Trinajstić information content (AvgIpc) is 2.46. The number of ether oxygens (including phenoxy) is 1. The molecule has 2 N–H and O–H groups in total. The van der Waals surface area contributed by atoms with E-state index in [1.807, 2.05) is 26.1 Å². The Bertz CT molecular complexity index is 549. The van der Waals surface area contributed by atoms with Gasteiger partial charge in [-0.1, -0.05) is 24.4 Å². The smallest absolute Gasteiger partial charge is 0.227 e. The van der Waals surface area contributed by atoms with Crippen molar-refractivity contribution in [2.75, 3.05) is 14.2 Å². The zero-order chi connectivity index (χ0) is 16.3. The number of carbonyl (C=O) groups excluding carboxylic acids is 1. The maximum atomic E-state index is 12.8. The van der Waals surface area contributed by atoms with E-state index in [1.54, 1.807) is 18.1 Å². The summed E-state index contributed by atoms with van der Waals surface area (Å²) in [5, 5.41) is 0.637. The number of hydrogen-bond donors (Lipinski definition) is 1. The predicted molar refractivity (Wildman–Crippen MR) is 96.3 cm³/mol. The van der Waals surface area contributed by atoms with Crippen LogP contribution in [0.5, 0.6) is 5.75 Å². The Balaban J connectivity index is 0.00000264. The van der Waals surface area contributed by atoms with Crippen molar-refractivity contribution in [3.8, 4) is 5.75 Å². The molecule has 1 fully saturated rings. The van der Waals surface area contributed by atoms with Gasteiger partial charge >= 0.3 is 0 Å². The van der Waals surface area contributed by atoms with Crippen molar-refractivity contribution < 1.29 is 9.53 Å². The maximum absolute atomic E-state index is 12.8. The van der Waals surface area contributed by atoms with Gasteiger partial charge in [0, 0.05) is 29.7 Å². The van der Waals surface area contributed by atoms with E-state index in [9.17, 15) is 4.79 Å². The zero-order valence-corrected chi connectivity index (χ0v) is 15.5. The summed E-state index contributed by atoms with van der Waals surface area (Å²) in [6.07, 6.45) is 3.93. The summed E-state index contributed by atoms with van der Waals surface area (Å²) in [5.74, 6) is 0.728. The minimum absolute atomic E-state index is 0. The third-order valence-electron chi connectivity index (χ3n) is 4.58. The Morgan fingerprint density at radius 3 is 2.78 bits per heavy atom. The van der Waals surface area contributed by atoms with Crippen molar-refractivity contribution in [1.29, 1.82) is 0 Å². The van der Waals surface area contributed by atoms with Crippen molar-refractivity contribution in [3.05, 3.63) is 28.8 Å². The quantitative estimate of drug-likeness (QED) is 0.891. The van der Waals surface area contributed by atoms with Crippen LogP contribution in [0.2, 0.25) is 5.02 Å². The van der Waals surface area contributed by atoms with Gasteiger partial charge in [0.1, 0.15) is 5.75 Å². The van der Waals surface area contributed by atoms with Crippen LogP contribution in [0.1, 0.15) is 38.2 Å². The van der Waals surface area contributed by atoms with Crippen molar-refractivity contribution in [2.24, 2.45) is 11.7 Å². The van der Waals surface area contributed by atoms with E-state index in [0.717, 1.165) is 37.0 Å². The summed E-state index contributed by atoms with van der Waals surface area (Å²) < 4.78 is 5.35. The second kappa shape index (κ2) is 8.22. The van der Waals surface area contributed by atoms with Gasteiger partial charge in [-0.2, -0.15) is 0 Å². The lowest BCUT2D eigenvalue weighted by Gasteiger charge is -2.39. The molecule has 0 bridgehead atoms. The van der Waals surface area contributed by atoms with Crippen LogP contribution in [0.4, 0.5) is 0 Å². The summed E-state index contributed by atoms with van der Waals surface area (Å²) in [4.78, 5) is 14.5. The second-order valence-electron chi connectivity index (χ2n) is 6.45. The van der Waals surface area contributed by atoms with Crippen molar-refractivity contribution >= 4 is 29.9 Å². The van der Waals surface area contributed by atoms with Crippen molar-refractivity contribution in [2.45, 2.75) is 44.7 Å². The first-order chi connectivity index (χ1) is 10.3. The van der Waals surface area contributed by atoms with Gasteiger partial charge in [-0.25, -0.2) is 0 Å². The molecule has 1 aromatic rings. The molecule has 23 heavy (non-hydrogen) atoms. The van der Waals surface area contributed by atoms with Gasteiger partial charge < -0.3 is 15.4 Å². The molecule has 6 heteroatoms. The minimum atomic E-state index is -0.415. The fraction of sp³-hybridized carbons (Fsp3) is 0.588. The summed E-state index contributed by atoms with van der Waals surface area (Å²) >= 11 is 6.05. The van der Waals surface area contributed by atoms with Crippen LogP contribution in [-0.2, 0) is 11.3 Å². The number of hydrogen-bond acceptors (Lipinski definition) is 3. The first-order valence-corrected chi connectivity index (χ1v) is 8.09. The van der Waals surface area contributed by atoms with Crippen LogP contribution in [0.15, 0.2) is 18.2 Å². The first-order valence-electron chi connectivity index (χ1n) is 7.71. The van der Waals surface area contributed by atoms with Gasteiger partial charge in [-0.05, 0) is 38.0 Å². The Labute approximate surface area is 149 Å². The lowest BCUT2D eigenvalue weighted by atomic mass is 9.74. The molecule has 1 aromatic carbocycles. The second-order valence-corrected chi connectivity index (χ2v) is 6.89. The Kier molecular flexibility index (Phi) is 7.18. The molecule has 130 valence electrons. The molecule has 2 unspecified atom stereocenters. The lowest BCUT2D eigenvalue weighted by Crippen LogP contribution is -2.53. The normalized spacial score (nSPS) is 23.8. The van der Waals surface area contributed by atoms with Crippen LogP contribution < -0.4 is 10.5 Å². The number of halogens is 2. The molecule has 1 saturated carbocycles. The number of methoxy groups -OCH3 is 1. The topological polar surface area (TPSA) is 55.6 Å². The highest BCUT2D eigenvalue weighted by Gasteiger charge is 2.39. The largest absolute Gasteiger partial charge is 0.496 e. The molecule has 0 radical (unpaired) electrons.